The lowest BCUT2D eigenvalue weighted by molar-refractivity contribution is -0.109. The number of oxazole rings is 1. The van der Waals surface area contributed by atoms with Gasteiger partial charge in [-0.1, -0.05) is 12.1 Å². The fraction of sp³-hybridized carbons (Fsp3) is 0.231. The van der Waals surface area contributed by atoms with Gasteiger partial charge in [-0.3, -0.25) is 4.79 Å². The number of nitrogens with zero attached hydrogens (tertiary/aromatic N) is 1. The third-order valence-electron chi connectivity index (χ3n) is 2.67. The Morgan fingerprint density at radius 2 is 2.22 bits per heavy atom. The van der Waals surface area contributed by atoms with Gasteiger partial charge in [0.25, 0.3) is 0 Å². The lowest BCUT2D eigenvalue weighted by atomic mass is 10.2. The number of hydrogen-bond acceptors (Lipinski definition) is 5. The van der Waals surface area contributed by atoms with Crippen molar-refractivity contribution in [3.63, 3.8) is 0 Å². The lowest BCUT2D eigenvalue weighted by Crippen LogP contribution is -2.12. The van der Waals surface area contributed by atoms with E-state index in [2.05, 4.69) is 4.98 Å². The lowest BCUT2D eigenvalue weighted by Gasteiger charge is -2.13. The van der Waals surface area contributed by atoms with Gasteiger partial charge >= 0.3 is 0 Å². The first-order valence-electron chi connectivity index (χ1n) is 5.59. The Kier molecular flexibility index (Phi) is 2.83. The molecule has 0 aliphatic carbocycles. The summed E-state index contributed by atoms with van der Waals surface area (Å²) in [6, 6.07) is 7.59. The first-order chi connectivity index (χ1) is 8.74. The molecule has 18 heavy (non-hydrogen) atoms. The number of fused-ring (bicyclic) bond motifs is 1. The van der Waals surface area contributed by atoms with E-state index >= 15 is 0 Å². The van der Waals surface area contributed by atoms with E-state index in [9.17, 15) is 4.79 Å². The highest BCUT2D eigenvalue weighted by Crippen LogP contribution is 2.36. The zero-order valence-corrected chi connectivity index (χ0v) is 10.5. The van der Waals surface area contributed by atoms with Gasteiger partial charge in [0, 0.05) is 6.92 Å². The third kappa shape index (κ3) is 2.01. The highest BCUT2D eigenvalue weighted by Gasteiger charge is 2.32. The van der Waals surface area contributed by atoms with Gasteiger partial charge in [0.2, 0.25) is 5.89 Å². The van der Waals surface area contributed by atoms with E-state index in [-0.39, 0.29) is 16.5 Å². The normalized spacial score (nSPS) is 22.3. The topological polar surface area (TPSA) is 52.3 Å². The summed E-state index contributed by atoms with van der Waals surface area (Å²) in [5.41, 5.74) is 1.29. The van der Waals surface area contributed by atoms with Crippen molar-refractivity contribution in [2.24, 2.45) is 0 Å². The molecule has 0 saturated carbocycles. The molecule has 2 unspecified atom stereocenters. The number of thioether (sulfide) groups is 1. The monoisotopic (exact) mass is 261 g/mol. The van der Waals surface area contributed by atoms with E-state index in [1.54, 1.807) is 6.26 Å². The first-order valence-corrected chi connectivity index (χ1v) is 6.47. The fourth-order valence-electron chi connectivity index (χ4n) is 1.88. The van der Waals surface area contributed by atoms with Crippen LogP contribution in [-0.4, -0.2) is 15.5 Å². The van der Waals surface area contributed by atoms with Gasteiger partial charge < -0.3 is 9.15 Å². The van der Waals surface area contributed by atoms with Crippen LogP contribution >= 0.6 is 11.8 Å². The molecule has 5 heteroatoms. The van der Waals surface area contributed by atoms with Crippen LogP contribution in [0.3, 0.4) is 0 Å². The molecule has 2 heterocycles. The van der Waals surface area contributed by atoms with Gasteiger partial charge in [0.15, 0.2) is 16.1 Å². The molecule has 2 atom stereocenters. The molecular weight excluding hydrogens is 250 g/mol. The maximum atomic E-state index is 11.2. The average molecular weight is 261 g/mol. The molecule has 0 saturated heterocycles. The van der Waals surface area contributed by atoms with Gasteiger partial charge in [-0.2, -0.15) is 0 Å². The molecule has 4 nitrogen and oxygen atoms in total. The molecule has 0 amide bonds. The predicted octanol–water partition coefficient (Wildman–Crippen LogP) is 3.06. The second-order valence-electron chi connectivity index (χ2n) is 3.99. The molecule has 0 radical (unpaired) electrons. The molecule has 0 fully saturated rings. The number of hydrogen-bond donors (Lipinski definition) is 0. The summed E-state index contributed by atoms with van der Waals surface area (Å²) in [5, 5.41) is 0.0183. The molecule has 1 aromatic heterocycles. The molecule has 1 aliphatic rings. The van der Waals surface area contributed by atoms with E-state index < -0.39 is 0 Å². The second-order valence-corrected chi connectivity index (χ2v) is 5.26. The zero-order valence-electron chi connectivity index (χ0n) is 9.70. The fourth-order valence-corrected chi connectivity index (χ4v) is 2.68. The van der Waals surface area contributed by atoms with Crippen molar-refractivity contribution in [2.75, 3.05) is 0 Å². The van der Waals surface area contributed by atoms with Gasteiger partial charge in [0.05, 0.1) is 6.26 Å². The molecule has 0 spiro atoms. The third-order valence-corrected chi connectivity index (χ3v) is 3.64. The minimum Gasteiger partial charge on any atom is -0.486 e. The Morgan fingerprint density at radius 1 is 1.39 bits per heavy atom. The minimum atomic E-state index is -0.282. The van der Waals surface area contributed by atoms with Gasteiger partial charge in [-0.05, 0) is 30.0 Å². The summed E-state index contributed by atoms with van der Waals surface area (Å²) < 4.78 is 11.1. The Labute approximate surface area is 108 Å². The van der Waals surface area contributed by atoms with Gasteiger partial charge in [-0.15, -0.1) is 0 Å². The summed E-state index contributed by atoms with van der Waals surface area (Å²) in [6.45, 7) is 1.52. The Morgan fingerprint density at radius 3 is 3.00 bits per heavy atom. The van der Waals surface area contributed by atoms with E-state index in [1.807, 2.05) is 30.3 Å². The SMILES string of the molecule is CC(=O)SC1OC=CC1c1nc2ccccc2o1. The van der Waals surface area contributed by atoms with Crippen LogP contribution in [0.15, 0.2) is 41.0 Å². The van der Waals surface area contributed by atoms with Crippen LogP contribution in [-0.2, 0) is 9.53 Å². The maximum absolute atomic E-state index is 11.2. The van der Waals surface area contributed by atoms with Crippen LogP contribution in [0.1, 0.15) is 18.7 Å². The van der Waals surface area contributed by atoms with Crippen molar-refractivity contribution in [3.8, 4) is 0 Å². The predicted molar refractivity (Wildman–Crippen MR) is 69.0 cm³/mol. The molecule has 2 aromatic rings. The van der Waals surface area contributed by atoms with Crippen molar-refractivity contribution in [2.45, 2.75) is 18.3 Å². The smallest absolute Gasteiger partial charge is 0.207 e. The van der Waals surface area contributed by atoms with Gasteiger partial charge in [0.1, 0.15) is 11.4 Å². The number of carbonyl (C=O) groups is 1. The van der Waals surface area contributed by atoms with Crippen LogP contribution < -0.4 is 0 Å². The average Bonchev–Trinajstić information content (AvgIpc) is 2.93. The summed E-state index contributed by atoms with van der Waals surface area (Å²) in [6.07, 6.45) is 3.46. The van der Waals surface area contributed by atoms with Crippen LogP contribution in [0.5, 0.6) is 0 Å². The highest BCUT2D eigenvalue weighted by atomic mass is 32.2. The van der Waals surface area contributed by atoms with Crippen molar-refractivity contribution in [1.82, 2.24) is 4.98 Å². The van der Waals surface area contributed by atoms with Gasteiger partial charge in [-0.25, -0.2) is 4.98 Å². The zero-order chi connectivity index (χ0) is 12.5. The minimum absolute atomic E-state index is 0.0183. The van der Waals surface area contributed by atoms with E-state index in [0.717, 1.165) is 22.9 Å². The van der Waals surface area contributed by atoms with Crippen LogP contribution in [0.4, 0.5) is 0 Å². The summed E-state index contributed by atoms with van der Waals surface area (Å²) in [5.74, 6) is 0.468. The highest BCUT2D eigenvalue weighted by molar-refractivity contribution is 8.14. The second kappa shape index (κ2) is 4.49. The Bertz CT molecular complexity index is 586. The van der Waals surface area contributed by atoms with E-state index in [0.29, 0.717) is 5.89 Å². The molecule has 1 aliphatic heterocycles. The number of rotatable bonds is 2. The summed E-state index contributed by atoms with van der Waals surface area (Å²) >= 11 is 1.15. The van der Waals surface area contributed by atoms with Crippen LogP contribution in [0.2, 0.25) is 0 Å². The summed E-state index contributed by atoms with van der Waals surface area (Å²) in [7, 11) is 0. The van der Waals surface area contributed by atoms with Crippen LogP contribution in [0.25, 0.3) is 11.1 Å². The molecule has 0 bridgehead atoms. The van der Waals surface area contributed by atoms with E-state index in [4.69, 9.17) is 9.15 Å². The number of benzene rings is 1. The number of para-hydroxylation sites is 2. The molecule has 3 rings (SSSR count). The van der Waals surface area contributed by atoms with Crippen LogP contribution in [0, 0.1) is 0 Å². The quantitative estimate of drug-likeness (QED) is 0.831. The van der Waals surface area contributed by atoms with Crippen molar-refractivity contribution >= 4 is 28.0 Å². The molecule has 1 aromatic carbocycles. The molecule has 92 valence electrons. The number of aromatic nitrogens is 1. The number of carbonyl (C=O) groups excluding carboxylic acids is 1. The Balaban J connectivity index is 1.93. The van der Waals surface area contributed by atoms with Crippen molar-refractivity contribution < 1.29 is 13.9 Å². The van der Waals surface area contributed by atoms with Crippen molar-refractivity contribution in [1.29, 1.82) is 0 Å². The molecular formula is C13H11NO3S. The number of ether oxygens (including phenoxy) is 1. The first kappa shape index (κ1) is 11.3. The van der Waals surface area contributed by atoms with Crippen molar-refractivity contribution in [3.05, 3.63) is 42.5 Å². The molecule has 0 N–H and O–H groups in total. The largest absolute Gasteiger partial charge is 0.486 e. The Hall–Kier alpha value is -1.75. The van der Waals surface area contributed by atoms with E-state index in [1.165, 1.54) is 6.92 Å². The summed E-state index contributed by atoms with van der Waals surface area (Å²) in [4.78, 5) is 15.6. The standard InChI is InChI=1S/C13H11NO3S/c1-8(15)18-13-9(6-7-16-13)12-14-10-4-2-3-5-11(10)17-12/h2-7,9,13H,1H3. The maximum Gasteiger partial charge on any atom is 0.207 e.